The molecule has 0 aliphatic heterocycles. The summed E-state index contributed by atoms with van der Waals surface area (Å²) >= 11 is 0. The molecule has 30 heavy (non-hydrogen) atoms. The normalized spacial score (nSPS) is 10.4. The first-order valence-electron chi connectivity index (χ1n) is 8.76. The summed E-state index contributed by atoms with van der Waals surface area (Å²) < 4.78 is 7.23. The third-order valence-electron chi connectivity index (χ3n) is 4.02. The molecule has 0 bridgehead atoms. The van der Waals surface area contributed by atoms with Gasteiger partial charge in [-0.15, -0.1) is 10.2 Å². The lowest BCUT2D eigenvalue weighted by Crippen LogP contribution is -2.11. The van der Waals surface area contributed by atoms with Crippen molar-refractivity contribution in [3.05, 3.63) is 94.8 Å². The maximum absolute atomic E-state index is 12.3. The van der Waals surface area contributed by atoms with Gasteiger partial charge in [0, 0.05) is 41.8 Å². The highest BCUT2D eigenvalue weighted by molar-refractivity contribution is 6.04. The molecule has 0 atom stereocenters. The Kier molecular flexibility index (Phi) is 5.12. The van der Waals surface area contributed by atoms with Gasteiger partial charge in [-0.3, -0.25) is 14.9 Å². The number of carbonyl (C=O) groups is 1. The molecule has 2 aromatic heterocycles. The zero-order valence-electron chi connectivity index (χ0n) is 15.4. The topological polar surface area (TPSA) is 125 Å². The average Bonchev–Trinajstić information content (AvgIpc) is 3.31. The van der Waals surface area contributed by atoms with E-state index >= 15 is 0 Å². The molecule has 0 unspecified atom stereocenters. The highest BCUT2D eigenvalue weighted by Crippen LogP contribution is 2.22. The molecule has 10 nitrogen and oxygen atoms in total. The summed E-state index contributed by atoms with van der Waals surface area (Å²) in [6.45, 7) is 0. The second-order valence-electron chi connectivity index (χ2n) is 6.07. The van der Waals surface area contributed by atoms with Crippen molar-refractivity contribution < 1.29 is 14.5 Å². The number of nitrogens with one attached hydrogen (secondary N) is 1. The summed E-state index contributed by atoms with van der Waals surface area (Å²) in [5.41, 5.74) is 0.558. The van der Waals surface area contributed by atoms with Crippen molar-refractivity contribution in [1.82, 2.24) is 20.0 Å². The molecule has 4 rings (SSSR count). The lowest BCUT2D eigenvalue weighted by molar-refractivity contribution is -0.384. The van der Waals surface area contributed by atoms with Crippen LogP contribution in [-0.4, -0.2) is 30.8 Å². The van der Waals surface area contributed by atoms with Gasteiger partial charge < -0.3 is 10.1 Å². The first kappa shape index (κ1) is 18.7. The smallest absolute Gasteiger partial charge is 0.270 e. The number of carbonyl (C=O) groups excluding carboxylic acids is 1. The van der Waals surface area contributed by atoms with Gasteiger partial charge in [0.1, 0.15) is 5.75 Å². The fourth-order valence-electron chi connectivity index (χ4n) is 2.58. The quantitative estimate of drug-likeness (QED) is 0.386. The van der Waals surface area contributed by atoms with Gasteiger partial charge in [-0.2, -0.15) is 5.10 Å². The van der Waals surface area contributed by atoms with Gasteiger partial charge in [0.2, 0.25) is 5.88 Å². The molecule has 0 aliphatic rings. The Balaban J connectivity index is 1.40. The van der Waals surface area contributed by atoms with Crippen molar-refractivity contribution >= 4 is 17.3 Å². The lowest BCUT2D eigenvalue weighted by atomic mass is 10.2. The van der Waals surface area contributed by atoms with Crippen molar-refractivity contribution in [2.75, 3.05) is 5.32 Å². The van der Waals surface area contributed by atoms with E-state index in [0.29, 0.717) is 23.1 Å². The van der Waals surface area contributed by atoms with E-state index in [2.05, 4.69) is 20.6 Å². The lowest BCUT2D eigenvalue weighted by Gasteiger charge is -2.08. The predicted molar refractivity (Wildman–Crippen MR) is 107 cm³/mol. The highest BCUT2D eigenvalue weighted by Gasteiger charge is 2.12. The van der Waals surface area contributed by atoms with E-state index in [4.69, 9.17) is 4.74 Å². The van der Waals surface area contributed by atoms with Gasteiger partial charge in [-0.25, -0.2) is 4.68 Å². The van der Waals surface area contributed by atoms with Crippen molar-refractivity contribution in [3.8, 4) is 17.4 Å². The van der Waals surface area contributed by atoms with Crippen LogP contribution in [0.1, 0.15) is 10.4 Å². The van der Waals surface area contributed by atoms with Crippen molar-refractivity contribution in [2.45, 2.75) is 0 Å². The first-order chi connectivity index (χ1) is 14.6. The monoisotopic (exact) mass is 402 g/mol. The van der Waals surface area contributed by atoms with Crippen molar-refractivity contribution in [2.24, 2.45) is 0 Å². The van der Waals surface area contributed by atoms with Gasteiger partial charge in [0.15, 0.2) is 5.82 Å². The minimum Gasteiger partial charge on any atom is -0.438 e. The molecule has 0 radical (unpaired) electrons. The van der Waals surface area contributed by atoms with Crippen LogP contribution >= 0.6 is 0 Å². The number of hydrogen-bond donors (Lipinski definition) is 1. The molecule has 0 spiro atoms. The number of non-ortho nitro benzene ring substituents is 1. The van der Waals surface area contributed by atoms with Crippen LogP contribution < -0.4 is 10.1 Å². The number of amides is 1. The molecule has 1 amide bonds. The van der Waals surface area contributed by atoms with E-state index in [-0.39, 0.29) is 11.3 Å². The molecular weight excluding hydrogens is 388 g/mol. The molecule has 0 saturated carbocycles. The molecule has 1 N–H and O–H groups in total. The van der Waals surface area contributed by atoms with Crippen LogP contribution in [0.25, 0.3) is 5.82 Å². The minimum atomic E-state index is -0.548. The molecule has 148 valence electrons. The number of nitrogens with zero attached hydrogens (tertiary/aromatic N) is 5. The third kappa shape index (κ3) is 4.28. The Morgan fingerprint density at radius 1 is 1.03 bits per heavy atom. The van der Waals surface area contributed by atoms with E-state index in [1.165, 1.54) is 24.3 Å². The van der Waals surface area contributed by atoms with Gasteiger partial charge >= 0.3 is 0 Å². The Hall–Kier alpha value is -4.60. The summed E-state index contributed by atoms with van der Waals surface area (Å²) in [5.74, 6) is 0.919. The summed E-state index contributed by atoms with van der Waals surface area (Å²) in [4.78, 5) is 22.6. The van der Waals surface area contributed by atoms with E-state index in [1.807, 2.05) is 0 Å². The van der Waals surface area contributed by atoms with E-state index < -0.39 is 10.8 Å². The summed E-state index contributed by atoms with van der Waals surface area (Å²) in [6.07, 6.45) is 3.40. The fourth-order valence-corrected chi connectivity index (χ4v) is 2.58. The Labute approximate surface area is 169 Å². The number of rotatable bonds is 6. The SMILES string of the molecule is O=C(Nc1ccc(Oc2ccc(-n3cccn3)nn2)cc1)c1cccc([N+](=O)[O-])c1. The van der Waals surface area contributed by atoms with Gasteiger partial charge in [-0.05, 0) is 42.5 Å². The standard InChI is InChI=1S/C20H14N6O4/c27-20(14-3-1-4-16(13-14)26(28)29)22-15-5-7-17(8-6-15)30-19-10-9-18(23-24-19)25-12-2-11-21-25/h1-13H,(H,22,27). The number of hydrogen-bond acceptors (Lipinski definition) is 7. The molecule has 0 fully saturated rings. The molecule has 2 heterocycles. The van der Waals surface area contributed by atoms with E-state index in [1.54, 1.807) is 59.5 Å². The van der Waals surface area contributed by atoms with E-state index in [9.17, 15) is 14.9 Å². The molecule has 0 aliphatic carbocycles. The maximum atomic E-state index is 12.3. The van der Waals surface area contributed by atoms with E-state index in [0.717, 1.165) is 0 Å². The molecule has 0 saturated heterocycles. The highest BCUT2D eigenvalue weighted by atomic mass is 16.6. The molecule has 10 heteroatoms. The van der Waals surface area contributed by atoms with Crippen molar-refractivity contribution in [3.63, 3.8) is 0 Å². The summed E-state index contributed by atoms with van der Waals surface area (Å²) in [6, 6.07) is 17.3. The van der Waals surface area contributed by atoms with Crippen LogP contribution in [0.15, 0.2) is 79.1 Å². The zero-order valence-corrected chi connectivity index (χ0v) is 15.4. The van der Waals surface area contributed by atoms with Crippen LogP contribution in [0.2, 0.25) is 0 Å². The van der Waals surface area contributed by atoms with Crippen LogP contribution in [0.5, 0.6) is 11.6 Å². The second-order valence-corrected chi connectivity index (χ2v) is 6.07. The molecule has 2 aromatic carbocycles. The van der Waals surface area contributed by atoms with Crippen LogP contribution in [0, 0.1) is 10.1 Å². The zero-order chi connectivity index (χ0) is 20.9. The molecule has 4 aromatic rings. The second kappa shape index (κ2) is 8.19. The number of anilines is 1. The van der Waals surface area contributed by atoms with Crippen molar-refractivity contribution in [1.29, 1.82) is 0 Å². The predicted octanol–water partition coefficient (Wildman–Crippen LogP) is 3.62. The van der Waals surface area contributed by atoms with Crippen LogP contribution in [-0.2, 0) is 0 Å². The molecular formula is C20H14N6O4. The van der Waals surface area contributed by atoms with Gasteiger partial charge in [0.05, 0.1) is 4.92 Å². The summed E-state index contributed by atoms with van der Waals surface area (Å²) in [5, 5.41) is 25.7. The van der Waals surface area contributed by atoms with Crippen LogP contribution in [0.3, 0.4) is 0 Å². The van der Waals surface area contributed by atoms with Gasteiger partial charge in [0.25, 0.3) is 11.6 Å². The number of benzene rings is 2. The maximum Gasteiger partial charge on any atom is 0.270 e. The summed E-state index contributed by atoms with van der Waals surface area (Å²) in [7, 11) is 0. The number of ether oxygens (including phenoxy) is 1. The minimum absolute atomic E-state index is 0.147. The fraction of sp³-hybridized carbons (Fsp3) is 0. The number of aromatic nitrogens is 4. The Bertz CT molecular complexity index is 1170. The first-order valence-corrected chi connectivity index (χ1v) is 8.76. The van der Waals surface area contributed by atoms with Gasteiger partial charge in [-0.1, -0.05) is 6.07 Å². The van der Waals surface area contributed by atoms with Crippen LogP contribution in [0.4, 0.5) is 11.4 Å². The number of nitro benzene ring substituents is 1. The Morgan fingerprint density at radius 3 is 2.53 bits per heavy atom. The average molecular weight is 402 g/mol. The largest absolute Gasteiger partial charge is 0.438 e. The third-order valence-corrected chi connectivity index (χ3v) is 4.02. The number of nitro groups is 1. The Morgan fingerprint density at radius 2 is 1.87 bits per heavy atom.